The fourth-order valence-corrected chi connectivity index (χ4v) is 3.18. The van der Waals surface area contributed by atoms with Gasteiger partial charge in [-0.05, 0) is 31.5 Å². The minimum atomic E-state index is -0.463. The average molecular weight is 366 g/mol. The van der Waals surface area contributed by atoms with Gasteiger partial charge in [0.2, 0.25) is 0 Å². The van der Waals surface area contributed by atoms with Crippen LogP contribution in [0.5, 0.6) is 0 Å². The number of amides is 1. The van der Waals surface area contributed by atoms with Crippen LogP contribution in [0.2, 0.25) is 0 Å². The lowest BCUT2D eigenvalue weighted by molar-refractivity contribution is -0.384. The monoisotopic (exact) mass is 366 g/mol. The van der Waals surface area contributed by atoms with Gasteiger partial charge in [0.25, 0.3) is 11.6 Å². The SMILES string of the molecule is CCN(CCNC(=O)c1c[nH]c2ccc([N+](=O)[O-])cc12)c1ccccc1C. The quantitative estimate of drug-likeness (QED) is 0.493. The maximum atomic E-state index is 12.6. The smallest absolute Gasteiger partial charge is 0.270 e. The number of aromatic amines is 1. The van der Waals surface area contributed by atoms with Crippen molar-refractivity contribution < 1.29 is 9.72 Å². The number of fused-ring (bicyclic) bond motifs is 1. The Kier molecular flexibility index (Phi) is 5.40. The molecule has 1 amide bonds. The van der Waals surface area contributed by atoms with Gasteiger partial charge in [-0.1, -0.05) is 18.2 Å². The molecule has 0 spiro atoms. The van der Waals surface area contributed by atoms with Crippen molar-refractivity contribution in [3.8, 4) is 0 Å². The number of nitrogens with one attached hydrogen (secondary N) is 2. The molecular formula is C20H22N4O3. The Morgan fingerprint density at radius 3 is 2.74 bits per heavy atom. The Balaban J connectivity index is 1.69. The molecule has 140 valence electrons. The van der Waals surface area contributed by atoms with Crippen molar-refractivity contribution in [1.29, 1.82) is 0 Å². The topological polar surface area (TPSA) is 91.3 Å². The number of H-pyrrole nitrogens is 1. The van der Waals surface area contributed by atoms with Gasteiger partial charge in [0.15, 0.2) is 0 Å². The van der Waals surface area contributed by atoms with Crippen molar-refractivity contribution in [3.05, 3.63) is 69.9 Å². The van der Waals surface area contributed by atoms with Crippen LogP contribution < -0.4 is 10.2 Å². The third-order valence-corrected chi connectivity index (χ3v) is 4.63. The van der Waals surface area contributed by atoms with Gasteiger partial charge in [0, 0.05) is 54.6 Å². The Morgan fingerprint density at radius 1 is 1.26 bits per heavy atom. The molecule has 27 heavy (non-hydrogen) atoms. The van der Waals surface area contributed by atoms with Gasteiger partial charge < -0.3 is 15.2 Å². The highest BCUT2D eigenvalue weighted by Gasteiger charge is 2.15. The number of non-ortho nitro benzene ring substituents is 1. The number of hydrogen-bond donors (Lipinski definition) is 2. The van der Waals surface area contributed by atoms with Crippen LogP contribution in [0.3, 0.4) is 0 Å². The number of likely N-dealkylation sites (N-methyl/N-ethyl adjacent to an activating group) is 1. The first-order valence-electron chi connectivity index (χ1n) is 8.85. The van der Waals surface area contributed by atoms with Gasteiger partial charge in [0.1, 0.15) is 0 Å². The van der Waals surface area contributed by atoms with Crippen LogP contribution in [-0.4, -0.2) is 35.4 Å². The summed E-state index contributed by atoms with van der Waals surface area (Å²) < 4.78 is 0. The first-order chi connectivity index (χ1) is 13.0. The molecule has 0 aliphatic carbocycles. The maximum absolute atomic E-state index is 12.6. The summed E-state index contributed by atoms with van der Waals surface area (Å²) in [6.07, 6.45) is 1.59. The molecule has 0 aliphatic heterocycles. The third-order valence-electron chi connectivity index (χ3n) is 4.63. The van der Waals surface area contributed by atoms with Crippen LogP contribution >= 0.6 is 0 Å². The molecule has 1 aromatic heterocycles. The number of para-hydroxylation sites is 1. The summed E-state index contributed by atoms with van der Waals surface area (Å²) in [5.41, 5.74) is 3.41. The molecule has 2 aromatic carbocycles. The highest BCUT2D eigenvalue weighted by Crippen LogP contribution is 2.23. The van der Waals surface area contributed by atoms with E-state index in [0.29, 0.717) is 29.6 Å². The Morgan fingerprint density at radius 2 is 2.04 bits per heavy atom. The summed E-state index contributed by atoms with van der Waals surface area (Å²) in [6, 6.07) is 12.6. The van der Waals surface area contributed by atoms with E-state index in [4.69, 9.17) is 0 Å². The number of aromatic nitrogens is 1. The van der Waals surface area contributed by atoms with Gasteiger partial charge >= 0.3 is 0 Å². The van der Waals surface area contributed by atoms with E-state index in [1.54, 1.807) is 12.3 Å². The van der Waals surface area contributed by atoms with E-state index >= 15 is 0 Å². The largest absolute Gasteiger partial charge is 0.370 e. The van der Waals surface area contributed by atoms with Gasteiger partial charge in [-0.2, -0.15) is 0 Å². The molecule has 7 heteroatoms. The fraction of sp³-hybridized carbons (Fsp3) is 0.250. The number of rotatable bonds is 7. The first-order valence-corrected chi connectivity index (χ1v) is 8.85. The van der Waals surface area contributed by atoms with Crippen molar-refractivity contribution in [2.45, 2.75) is 13.8 Å². The molecule has 0 saturated carbocycles. The zero-order chi connectivity index (χ0) is 19.4. The van der Waals surface area contributed by atoms with Crippen LogP contribution in [-0.2, 0) is 0 Å². The molecular weight excluding hydrogens is 344 g/mol. The Hall–Kier alpha value is -3.35. The number of nitro groups is 1. The summed E-state index contributed by atoms with van der Waals surface area (Å²) in [6.45, 7) is 6.13. The van der Waals surface area contributed by atoms with E-state index in [9.17, 15) is 14.9 Å². The Labute approximate surface area is 157 Å². The standard InChI is InChI=1S/C20H22N4O3/c1-3-23(19-7-5-4-6-14(19)2)11-10-21-20(25)17-13-22-18-9-8-15(24(26)27)12-16(17)18/h4-9,12-13,22H,3,10-11H2,1-2H3,(H,21,25). The summed E-state index contributed by atoms with van der Waals surface area (Å²) in [4.78, 5) is 28.3. The molecule has 0 atom stereocenters. The minimum Gasteiger partial charge on any atom is -0.370 e. The minimum absolute atomic E-state index is 0.0344. The fourth-order valence-electron chi connectivity index (χ4n) is 3.18. The van der Waals surface area contributed by atoms with Crippen molar-refractivity contribution in [2.24, 2.45) is 0 Å². The van der Waals surface area contributed by atoms with Crippen molar-refractivity contribution >= 4 is 28.2 Å². The number of benzene rings is 2. The van der Waals surface area contributed by atoms with Crippen molar-refractivity contribution in [2.75, 3.05) is 24.5 Å². The second-order valence-electron chi connectivity index (χ2n) is 6.31. The van der Waals surface area contributed by atoms with Gasteiger partial charge in [-0.15, -0.1) is 0 Å². The Bertz CT molecular complexity index is 980. The van der Waals surface area contributed by atoms with E-state index in [1.165, 1.54) is 17.7 Å². The maximum Gasteiger partial charge on any atom is 0.270 e. The molecule has 1 heterocycles. The number of aryl methyl sites for hydroxylation is 1. The van der Waals surface area contributed by atoms with E-state index in [0.717, 1.165) is 12.2 Å². The lowest BCUT2D eigenvalue weighted by Gasteiger charge is -2.25. The van der Waals surface area contributed by atoms with E-state index in [2.05, 4.69) is 41.2 Å². The number of anilines is 1. The molecule has 2 N–H and O–H groups in total. The lowest BCUT2D eigenvalue weighted by atomic mass is 10.1. The van der Waals surface area contributed by atoms with Crippen LogP contribution in [0.15, 0.2) is 48.7 Å². The van der Waals surface area contributed by atoms with E-state index < -0.39 is 4.92 Å². The predicted molar refractivity (Wildman–Crippen MR) is 106 cm³/mol. The van der Waals surface area contributed by atoms with Crippen LogP contribution in [0, 0.1) is 17.0 Å². The predicted octanol–water partition coefficient (Wildman–Crippen LogP) is 3.64. The molecule has 3 rings (SSSR count). The molecule has 0 bridgehead atoms. The molecule has 7 nitrogen and oxygen atoms in total. The molecule has 0 saturated heterocycles. The first kappa shape index (κ1) is 18.4. The van der Waals surface area contributed by atoms with Crippen LogP contribution in [0.4, 0.5) is 11.4 Å². The summed E-state index contributed by atoms with van der Waals surface area (Å²) >= 11 is 0. The van der Waals surface area contributed by atoms with Gasteiger partial charge in [0.05, 0.1) is 10.5 Å². The molecule has 0 unspecified atom stereocenters. The van der Waals surface area contributed by atoms with E-state index in [1.807, 2.05) is 12.1 Å². The van der Waals surface area contributed by atoms with Crippen molar-refractivity contribution in [1.82, 2.24) is 10.3 Å². The number of carbonyl (C=O) groups is 1. The molecule has 0 aliphatic rings. The lowest BCUT2D eigenvalue weighted by Crippen LogP contribution is -2.35. The van der Waals surface area contributed by atoms with E-state index in [-0.39, 0.29) is 11.6 Å². The zero-order valence-corrected chi connectivity index (χ0v) is 15.4. The highest BCUT2D eigenvalue weighted by atomic mass is 16.6. The van der Waals surface area contributed by atoms with Crippen LogP contribution in [0.1, 0.15) is 22.8 Å². The molecule has 0 fully saturated rings. The number of hydrogen-bond acceptors (Lipinski definition) is 4. The molecule has 0 radical (unpaired) electrons. The molecule has 3 aromatic rings. The summed E-state index contributed by atoms with van der Waals surface area (Å²) in [7, 11) is 0. The van der Waals surface area contributed by atoms with Crippen molar-refractivity contribution in [3.63, 3.8) is 0 Å². The average Bonchev–Trinajstić information content (AvgIpc) is 3.09. The second-order valence-corrected chi connectivity index (χ2v) is 6.31. The summed E-state index contributed by atoms with van der Waals surface area (Å²) in [5, 5.41) is 14.4. The zero-order valence-electron chi connectivity index (χ0n) is 15.4. The van der Waals surface area contributed by atoms with Gasteiger partial charge in [-0.3, -0.25) is 14.9 Å². The van der Waals surface area contributed by atoms with Gasteiger partial charge in [-0.25, -0.2) is 0 Å². The number of nitro benzene ring substituents is 1. The second kappa shape index (κ2) is 7.90. The number of nitrogens with zero attached hydrogens (tertiary/aromatic N) is 2. The highest BCUT2D eigenvalue weighted by molar-refractivity contribution is 6.07. The third kappa shape index (κ3) is 3.92. The van der Waals surface area contributed by atoms with Crippen LogP contribution in [0.25, 0.3) is 10.9 Å². The normalized spacial score (nSPS) is 10.7. The number of carbonyl (C=O) groups excluding carboxylic acids is 1. The summed E-state index contributed by atoms with van der Waals surface area (Å²) in [5.74, 6) is -0.248.